The lowest BCUT2D eigenvalue weighted by Gasteiger charge is -2.09. The van der Waals surface area contributed by atoms with Crippen molar-refractivity contribution in [2.24, 2.45) is 5.92 Å². The molecule has 1 aliphatic rings. The van der Waals surface area contributed by atoms with E-state index in [-0.39, 0.29) is 11.9 Å². The van der Waals surface area contributed by atoms with Gasteiger partial charge in [-0.05, 0) is 37.8 Å². The Bertz CT molecular complexity index is 344. The Morgan fingerprint density at radius 3 is 2.36 bits per heavy atom. The highest BCUT2D eigenvalue weighted by Gasteiger charge is 2.32. The van der Waals surface area contributed by atoms with Gasteiger partial charge in [0.15, 0.2) is 0 Å². The largest absolute Gasteiger partial charge is 0.426 e. The summed E-state index contributed by atoms with van der Waals surface area (Å²) < 4.78 is 5.36. The summed E-state index contributed by atoms with van der Waals surface area (Å²) in [6.45, 7) is 3.92. The van der Waals surface area contributed by atoms with E-state index < -0.39 is 0 Å². The van der Waals surface area contributed by atoms with Gasteiger partial charge in [0.1, 0.15) is 5.75 Å². The van der Waals surface area contributed by atoms with E-state index in [9.17, 15) is 4.79 Å². The number of hydrogen-bond acceptors (Lipinski definition) is 2. The zero-order valence-electron chi connectivity index (χ0n) is 8.54. The second-order valence-corrected chi connectivity index (χ2v) is 3.92. The molecule has 2 rings (SSSR count). The van der Waals surface area contributed by atoms with Gasteiger partial charge in [0.05, 0.1) is 5.92 Å². The van der Waals surface area contributed by atoms with Crippen LogP contribution in [0, 0.1) is 19.8 Å². The van der Waals surface area contributed by atoms with Crippen LogP contribution >= 0.6 is 0 Å². The molecule has 2 heteroatoms. The minimum Gasteiger partial charge on any atom is -0.426 e. The van der Waals surface area contributed by atoms with Gasteiger partial charge >= 0.3 is 5.97 Å². The van der Waals surface area contributed by atoms with E-state index in [0.717, 1.165) is 29.7 Å². The van der Waals surface area contributed by atoms with Crippen molar-refractivity contribution in [1.82, 2.24) is 0 Å². The summed E-state index contributed by atoms with van der Waals surface area (Å²) in [4.78, 5) is 11.5. The van der Waals surface area contributed by atoms with Crippen molar-refractivity contribution in [3.05, 3.63) is 29.3 Å². The average molecular weight is 190 g/mol. The van der Waals surface area contributed by atoms with Gasteiger partial charge in [-0.1, -0.05) is 18.2 Å². The van der Waals surface area contributed by atoms with E-state index in [0.29, 0.717) is 0 Å². The summed E-state index contributed by atoms with van der Waals surface area (Å²) in [5.74, 6) is 0.834. The van der Waals surface area contributed by atoms with E-state index >= 15 is 0 Å². The van der Waals surface area contributed by atoms with Gasteiger partial charge in [-0.25, -0.2) is 0 Å². The van der Waals surface area contributed by atoms with Crippen molar-refractivity contribution in [3.8, 4) is 5.75 Å². The van der Waals surface area contributed by atoms with Gasteiger partial charge in [0.25, 0.3) is 0 Å². The fraction of sp³-hybridized carbons (Fsp3) is 0.417. The minimum absolute atomic E-state index is 0.0672. The zero-order chi connectivity index (χ0) is 10.1. The quantitative estimate of drug-likeness (QED) is 0.529. The highest BCUT2D eigenvalue weighted by atomic mass is 16.5. The highest BCUT2D eigenvalue weighted by Crippen LogP contribution is 2.32. The molecule has 0 saturated heterocycles. The molecule has 0 aromatic heterocycles. The standard InChI is InChI=1S/C12H14O2/c1-8-4-3-5-9(2)11(8)14-12(13)10-6-7-10/h3-5,10H,6-7H2,1-2H3. The second-order valence-electron chi connectivity index (χ2n) is 3.92. The number of carbonyl (C=O) groups excluding carboxylic acids is 1. The first-order valence-corrected chi connectivity index (χ1v) is 4.96. The number of aryl methyl sites for hydroxylation is 2. The predicted molar refractivity (Wildman–Crippen MR) is 54.3 cm³/mol. The molecule has 14 heavy (non-hydrogen) atoms. The van der Waals surface area contributed by atoms with E-state index in [1.165, 1.54) is 0 Å². The molecule has 0 aliphatic heterocycles. The summed E-state index contributed by atoms with van der Waals surface area (Å²) >= 11 is 0. The van der Waals surface area contributed by atoms with Crippen molar-refractivity contribution in [1.29, 1.82) is 0 Å². The van der Waals surface area contributed by atoms with Crippen LogP contribution in [0.1, 0.15) is 24.0 Å². The number of benzene rings is 1. The van der Waals surface area contributed by atoms with E-state index in [1.54, 1.807) is 0 Å². The molecular weight excluding hydrogens is 176 g/mol. The number of hydrogen-bond donors (Lipinski definition) is 0. The molecule has 0 unspecified atom stereocenters. The average Bonchev–Trinajstić information content (AvgIpc) is 2.94. The summed E-state index contributed by atoms with van der Waals surface area (Å²) in [5.41, 5.74) is 2.05. The molecule has 0 bridgehead atoms. The maximum Gasteiger partial charge on any atom is 0.314 e. The fourth-order valence-corrected chi connectivity index (χ4v) is 1.46. The third-order valence-corrected chi connectivity index (χ3v) is 2.52. The molecule has 2 nitrogen and oxygen atoms in total. The highest BCUT2D eigenvalue weighted by molar-refractivity contribution is 5.78. The third-order valence-electron chi connectivity index (χ3n) is 2.52. The molecule has 1 fully saturated rings. The lowest BCUT2D eigenvalue weighted by Crippen LogP contribution is -2.11. The zero-order valence-corrected chi connectivity index (χ0v) is 8.54. The van der Waals surface area contributed by atoms with Crippen LogP contribution in [0.15, 0.2) is 18.2 Å². The number of ether oxygens (including phenoxy) is 1. The molecule has 0 heterocycles. The molecule has 1 saturated carbocycles. The summed E-state index contributed by atoms with van der Waals surface area (Å²) in [6, 6.07) is 5.89. The fourth-order valence-electron chi connectivity index (χ4n) is 1.46. The van der Waals surface area contributed by atoms with Crippen LogP contribution in [-0.4, -0.2) is 5.97 Å². The molecule has 0 N–H and O–H groups in total. The van der Waals surface area contributed by atoms with Gasteiger partial charge in [-0.15, -0.1) is 0 Å². The Morgan fingerprint density at radius 2 is 1.86 bits per heavy atom. The predicted octanol–water partition coefficient (Wildman–Crippen LogP) is 2.62. The maximum absolute atomic E-state index is 11.5. The molecule has 1 aliphatic carbocycles. The SMILES string of the molecule is Cc1cccc(C)c1OC(=O)C1CC1. The van der Waals surface area contributed by atoms with Crippen LogP contribution < -0.4 is 4.74 Å². The molecule has 0 spiro atoms. The van der Waals surface area contributed by atoms with E-state index in [2.05, 4.69) is 0 Å². The number of carbonyl (C=O) groups is 1. The molecule has 1 aromatic rings. The van der Waals surface area contributed by atoms with Crippen LogP contribution in [0.25, 0.3) is 0 Å². The van der Waals surface area contributed by atoms with Crippen LogP contribution in [0.4, 0.5) is 0 Å². The van der Waals surface area contributed by atoms with Crippen molar-refractivity contribution in [3.63, 3.8) is 0 Å². The Morgan fingerprint density at radius 1 is 1.29 bits per heavy atom. The first kappa shape index (κ1) is 9.25. The molecule has 1 aromatic carbocycles. The van der Waals surface area contributed by atoms with E-state index in [1.807, 2.05) is 32.0 Å². The minimum atomic E-state index is -0.0672. The van der Waals surface area contributed by atoms with Crippen LogP contribution in [0.5, 0.6) is 5.75 Å². The maximum atomic E-state index is 11.5. The molecule has 0 radical (unpaired) electrons. The summed E-state index contributed by atoms with van der Waals surface area (Å²) in [5, 5.41) is 0. The Kier molecular flexibility index (Phi) is 2.28. The van der Waals surface area contributed by atoms with Gasteiger partial charge in [-0.2, -0.15) is 0 Å². The third kappa shape index (κ3) is 1.79. The second kappa shape index (κ2) is 3.45. The van der Waals surface area contributed by atoms with Crippen LogP contribution in [-0.2, 0) is 4.79 Å². The Labute approximate surface area is 83.9 Å². The van der Waals surface area contributed by atoms with Crippen LogP contribution in [0.3, 0.4) is 0 Å². The van der Waals surface area contributed by atoms with Crippen LogP contribution in [0.2, 0.25) is 0 Å². The molecular formula is C12H14O2. The summed E-state index contributed by atoms with van der Waals surface area (Å²) in [6.07, 6.45) is 1.98. The smallest absolute Gasteiger partial charge is 0.314 e. The van der Waals surface area contributed by atoms with Gasteiger partial charge in [-0.3, -0.25) is 4.79 Å². The first-order valence-electron chi connectivity index (χ1n) is 4.96. The monoisotopic (exact) mass is 190 g/mol. The van der Waals surface area contributed by atoms with Gasteiger partial charge < -0.3 is 4.74 Å². The lowest BCUT2D eigenvalue weighted by atomic mass is 10.1. The van der Waals surface area contributed by atoms with E-state index in [4.69, 9.17) is 4.74 Å². The Balaban J connectivity index is 2.18. The van der Waals surface area contributed by atoms with Crippen molar-refractivity contribution in [2.75, 3.05) is 0 Å². The van der Waals surface area contributed by atoms with Crippen molar-refractivity contribution < 1.29 is 9.53 Å². The van der Waals surface area contributed by atoms with Gasteiger partial charge in [0, 0.05) is 0 Å². The number of para-hydroxylation sites is 1. The topological polar surface area (TPSA) is 26.3 Å². The number of esters is 1. The normalized spacial score (nSPS) is 15.3. The van der Waals surface area contributed by atoms with Crippen molar-refractivity contribution in [2.45, 2.75) is 26.7 Å². The summed E-state index contributed by atoms with van der Waals surface area (Å²) in [7, 11) is 0. The molecule has 0 amide bonds. The Hall–Kier alpha value is -1.31. The lowest BCUT2D eigenvalue weighted by molar-refractivity contribution is -0.135. The van der Waals surface area contributed by atoms with Crippen molar-refractivity contribution >= 4 is 5.97 Å². The molecule has 74 valence electrons. The first-order chi connectivity index (χ1) is 6.68. The molecule has 0 atom stereocenters. The van der Waals surface area contributed by atoms with Gasteiger partial charge in [0.2, 0.25) is 0 Å². The number of rotatable bonds is 2.